The van der Waals surface area contributed by atoms with Crippen LogP contribution in [0.5, 0.6) is 0 Å². The number of anilines is 1. The molecule has 82 valence electrons. The fourth-order valence-corrected chi connectivity index (χ4v) is 2.27. The van der Waals surface area contributed by atoms with Crippen LogP contribution in [0.3, 0.4) is 0 Å². The Hall–Kier alpha value is -1.02. The summed E-state index contributed by atoms with van der Waals surface area (Å²) in [4.78, 5) is 2.33. The van der Waals surface area contributed by atoms with Crippen LogP contribution in [-0.4, -0.2) is 13.6 Å². The monoisotopic (exact) mass is 204 g/mol. The number of nitrogens with two attached hydrogens (primary N) is 1. The van der Waals surface area contributed by atoms with Gasteiger partial charge >= 0.3 is 0 Å². The van der Waals surface area contributed by atoms with Gasteiger partial charge in [0.2, 0.25) is 0 Å². The first-order valence-electron chi connectivity index (χ1n) is 5.82. The Morgan fingerprint density at radius 2 is 2.27 bits per heavy atom. The second-order valence-corrected chi connectivity index (χ2v) is 4.43. The molecular weight excluding hydrogens is 184 g/mol. The van der Waals surface area contributed by atoms with Crippen LogP contribution in [0.25, 0.3) is 0 Å². The minimum atomic E-state index is 0.197. The van der Waals surface area contributed by atoms with Gasteiger partial charge in [-0.2, -0.15) is 0 Å². The van der Waals surface area contributed by atoms with Crippen molar-refractivity contribution in [2.24, 2.45) is 5.73 Å². The van der Waals surface area contributed by atoms with Crippen molar-refractivity contribution in [3.8, 4) is 0 Å². The molecule has 0 spiro atoms. The summed E-state index contributed by atoms with van der Waals surface area (Å²) in [7, 11) is 2.16. The third-order valence-corrected chi connectivity index (χ3v) is 3.32. The van der Waals surface area contributed by atoms with Gasteiger partial charge in [-0.05, 0) is 36.5 Å². The lowest BCUT2D eigenvalue weighted by molar-refractivity contribution is 0.691. The molecule has 0 saturated carbocycles. The second-order valence-electron chi connectivity index (χ2n) is 4.43. The highest BCUT2D eigenvalue weighted by Crippen LogP contribution is 2.28. The highest BCUT2D eigenvalue weighted by molar-refractivity contribution is 5.56. The van der Waals surface area contributed by atoms with E-state index in [-0.39, 0.29) is 6.04 Å². The largest absolute Gasteiger partial charge is 0.374 e. The molecule has 0 amide bonds. The second kappa shape index (κ2) is 4.23. The molecule has 1 aromatic rings. The summed E-state index contributed by atoms with van der Waals surface area (Å²) in [6.07, 6.45) is 3.47. The van der Waals surface area contributed by atoms with Crippen molar-refractivity contribution in [2.75, 3.05) is 18.5 Å². The molecule has 1 heterocycles. The maximum absolute atomic E-state index is 6.05. The lowest BCUT2D eigenvalue weighted by atomic mass is 9.96. The van der Waals surface area contributed by atoms with Gasteiger partial charge in [-0.25, -0.2) is 0 Å². The van der Waals surface area contributed by atoms with E-state index in [2.05, 4.69) is 37.1 Å². The van der Waals surface area contributed by atoms with Gasteiger partial charge in [0.05, 0.1) is 0 Å². The predicted molar refractivity (Wildman–Crippen MR) is 65.3 cm³/mol. The summed E-state index contributed by atoms with van der Waals surface area (Å²) in [5.41, 5.74) is 10.2. The smallest absolute Gasteiger partial charge is 0.0396 e. The van der Waals surface area contributed by atoms with E-state index in [0.717, 1.165) is 6.42 Å². The van der Waals surface area contributed by atoms with Crippen molar-refractivity contribution in [3.05, 3.63) is 29.3 Å². The van der Waals surface area contributed by atoms with E-state index in [4.69, 9.17) is 5.73 Å². The van der Waals surface area contributed by atoms with E-state index in [1.54, 1.807) is 0 Å². The number of aryl methyl sites for hydroxylation is 1. The molecule has 1 atom stereocenters. The van der Waals surface area contributed by atoms with E-state index >= 15 is 0 Å². The quantitative estimate of drug-likeness (QED) is 0.802. The summed E-state index contributed by atoms with van der Waals surface area (Å²) in [6, 6.07) is 6.88. The van der Waals surface area contributed by atoms with Crippen LogP contribution in [0.4, 0.5) is 5.69 Å². The van der Waals surface area contributed by atoms with Crippen LogP contribution in [0.1, 0.15) is 36.9 Å². The minimum absolute atomic E-state index is 0.197. The van der Waals surface area contributed by atoms with E-state index < -0.39 is 0 Å². The molecule has 0 radical (unpaired) electrons. The number of benzene rings is 1. The van der Waals surface area contributed by atoms with Crippen LogP contribution in [0, 0.1) is 0 Å². The molecule has 0 fully saturated rings. The maximum atomic E-state index is 6.05. The highest BCUT2D eigenvalue weighted by Gasteiger charge is 2.14. The molecule has 1 aliphatic heterocycles. The molecule has 0 aliphatic carbocycles. The van der Waals surface area contributed by atoms with Crippen molar-refractivity contribution in [3.63, 3.8) is 0 Å². The van der Waals surface area contributed by atoms with E-state index in [9.17, 15) is 0 Å². The van der Waals surface area contributed by atoms with Crippen LogP contribution in [0.15, 0.2) is 18.2 Å². The first kappa shape index (κ1) is 10.5. The summed E-state index contributed by atoms with van der Waals surface area (Å²) < 4.78 is 0. The molecule has 0 saturated heterocycles. The molecule has 0 aromatic heterocycles. The predicted octanol–water partition coefficient (Wildman–Crippen LogP) is 2.48. The van der Waals surface area contributed by atoms with E-state index in [0.29, 0.717) is 0 Å². The Balaban J connectivity index is 2.33. The standard InChI is InChI=1S/C13H20N2/c1-3-12(14)10-6-7-13-11(9-10)5-4-8-15(13)2/h6-7,9,12H,3-5,8,14H2,1-2H3. The molecule has 2 rings (SSSR count). The van der Waals surface area contributed by atoms with E-state index in [1.807, 2.05) is 0 Å². The third-order valence-electron chi connectivity index (χ3n) is 3.32. The van der Waals surface area contributed by atoms with Crippen molar-refractivity contribution in [1.82, 2.24) is 0 Å². The molecule has 1 unspecified atom stereocenters. The topological polar surface area (TPSA) is 29.3 Å². The normalized spacial score (nSPS) is 17.4. The molecule has 2 heteroatoms. The number of nitrogens with zero attached hydrogens (tertiary/aromatic N) is 1. The van der Waals surface area contributed by atoms with Gasteiger partial charge in [-0.1, -0.05) is 19.1 Å². The first-order chi connectivity index (χ1) is 7.22. The highest BCUT2D eigenvalue weighted by atomic mass is 15.1. The van der Waals surface area contributed by atoms with Gasteiger partial charge < -0.3 is 10.6 Å². The SMILES string of the molecule is CCC(N)c1ccc2c(c1)CCCN2C. The van der Waals surface area contributed by atoms with Gasteiger partial charge in [-0.15, -0.1) is 0 Å². The molecular formula is C13H20N2. The number of hydrogen-bond acceptors (Lipinski definition) is 2. The fourth-order valence-electron chi connectivity index (χ4n) is 2.27. The molecule has 1 aromatic carbocycles. The number of rotatable bonds is 2. The summed E-state index contributed by atoms with van der Waals surface area (Å²) in [6.45, 7) is 3.31. The zero-order valence-electron chi connectivity index (χ0n) is 9.66. The van der Waals surface area contributed by atoms with Crippen LogP contribution in [0.2, 0.25) is 0 Å². The van der Waals surface area contributed by atoms with Gasteiger partial charge in [0, 0.05) is 25.3 Å². The average Bonchev–Trinajstić information content (AvgIpc) is 2.28. The molecule has 15 heavy (non-hydrogen) atoms. The summed E-state index contributed by atoms with van der Waals surface area (Å²) >= 11 is 0. The van der Waals surface area contributed by atoms with Crippen LogP contribution >= 0.6 is 0 Å². The summed E-state index contributed by atoms with van der Waals surface area (Å²) in [5.74, 6) is 0. The van der Waals surface area contributed by atoms with Gasteiger partial charge in [0.1, 0.15) is 0 Å². The minimum Gasteiger partial charge on any atom is -0.374 e. The molecule has 2 nitrogen and oxygen atoms in total. The Morgan fingerprint density at radius 1 is 1.47 bits per heavy atom. The molecule has 0 bridgehead atoms. The zero-order chi connectivity index (χ0) is 10.8. The lowest BCUT2D eigenvalue weighted by Gasteiger charge is -2.28. The van der Waals surface area contributed by atoms with Gasteiger partial charge in [0.25, 0.3) is 0 Å². The van der Waals surface area contributed by atoms with Crippen molar-refractivity contribution >= 4 is 5.69 Å². The van der Waals surface area contributed by atoms with Gasteiger partial charge in [-0.3, -0.25) is 0 Å². The Kier molecular flexibility index (Phi) is 2.96. The summed E-state index contributed by atoms with van der Waals surface area (Å²) in [5, 5.41) is 0. The fraction of sp³-hybridized carbons (Fsp3) is 0.538. The van der Waals surface area contributed by atoms with Crippen molar-refractivity contribution in [2.45, 2.75) is 32.2 Å². The van der Waals surface area contributed by atoms with Crippen LogP contribution in [-0.2, 0) is 6.42 Å². The number of fused-ring (bicyclic) bond motifs is 1. The van der Waals surface area contributed by atoms with Crippen molar-refractivity contribution in [1.29, 1.82) is 0 Å². The maximum Gasteiger partial charge on any atom is 0.0396 e. The Morgan fingerprint density at radius 3 is 3.00 bits per heavy atom. The Labute approximate surface area is 92.1 Å². The van der Waals surface area contributed by atoms with Crippen molar-refractivity contribution < 1.29 is 0 Å². The number of hydrogen-bond donors (Lipinski definition) is 1. The molecule has 1 aliphatic rings. The van der Waals surface area contributed by atoms with Gasteiger partial charge in [0.15, 0.2) is 0 Å². The third kappa shape index (κ3) is 2.00. The zero-order valence-corrected chi connectivity index (χ0v) is 9.66. The first-order valence-corrected chi connectivity index (χ1v) is 5.82. The lowest BCUT2D eigenvalue weighted by Crippen LogP contribution is -2.25. The average molecular weight is 204 g/mol. The van der Waals surface area contributed by atoms with Crippen LogP contribution < -0.4 is 10.6 Å². The van der Waals surface area contributed by atoms with E-state index in [1.165, 1.54) is 36.2 Å². The Bertz CT molecular complexity index is 346. The molecule has 2 N–H and O–H groups in total.